The first-order valence-corrected chi connectivity index (χ1v) is 5.95. The highest BCUT2D eigenvalue weighted by Crippen LogP contribution is 2.23. The highest BCUT2D eigenvalue weighted by Gasteiger charge is 2.26. The van der Waals surface area contributed by atoms with E-state index in [9.17, 15) is 9.59 Å². The third-order valence-corrected chi connectivity index (χ3v) is 2.93. The zero-order valence-electron chi connectivity index (χ0n) is 11.4. The minimum Gasteiger partial charge on any atom is -0.480 e. The topological polar surface area (TPSA) is 78.4 Å². The van der Waals surface area contributed by atoms with Crippen LogP contribution in [0.15, 0.2) is 24.4 Å². The summed E-state index contributed by atoms with van der Waals surface area (Å²) in [6.45, 7) is 1.35. The Morgan fingerprint density at radius 1 is 1.20 bits per heavy atom. The van der Waals surface area contributed by atoms with Gasteiger partial charge in [0.15, 0.2) is 0 Å². The number of nitrogens with zero attached hydrogens (tertiary/aromatic N) is 2. The van der Waals surface area contributed by atoms with Crippen LogP contribution in [0.4, 0.5) is 0 Å². The predicted molar refractivity (Wildman–Crippen MR) is 71.5 cm³/mol. The molecule has 0 bridgehead atoms. The van der Waals surface area contributed by atoms with Gasteiger partial charge in [-0.1, -0.05) is 6.07 Å². The number of rotatable bonds is 4. The summed E-state index contributed by atoms with van der Waals surface area (Å²) in [6.07, 6.45) is 1.50. The van der Waals surface area contributed by atoms with Crippen molar-refractivity contribution in [3.63, 3.8) is 0 Å². The molecule has 0 fully saturated rings. The van der Waals surface area contributed by atoms with Crippen LogP contribution >= 0.6 is 0 Å². The molecule has 20 heavy (non-hydrogen) atoms. The molecule has 6 heteroatoms. The maximum absolute atomic E-state index is 11.7. The third-order valence-electron chi connectivity index (χ3n) is 2.93. The van der Waals surface area contributed by atoms with Crippen LogP contribution in [0.1, 0.15) is 18.4 Å². The number of methoxy groups -OCH3 is 2. The van der Waals surface area contributed by atoms with Crippen molar-refractivity contribution in [1.29, 1.82) is 0 Å². The monoisotopic (exact) mass is 274 g/mol. The second-order valence-electron chi connectivity index (χ2n) is 4.23. The van der Waals surface area contributed by atoms with Crippen LogP contribution in [0, 0.1) is 0 Å². The Morgan fingerprint density at radius 3 is 2.55 bits per heavy atom. The average molecular weight is 274 g/mol. The Labute approximate surface area is 115 Å². The maximum Gasteiger partial charge on any atom is 0.320 e. The molecule has 104 valence electrons. The van der Waals surface area contributed by atoms with Crippen LogP contribution in [0.3, 0.4) is 0 Å². The summed E-state index contributed by atoms with van der Waals surface area (Å²) in [5, 5.41) is 0. The fraction of sp³-hybridized carbons (Fsp3) is 0.286. The van der Waals surface area contributed by atoms with Crippen LogP contribution < -0.4 is 4.74 Å². The van der Waals surface area contributed by atoms with Crippen LogP contribution in [-0.2, 0) is 14.3 Å². The van der Waals surface area contributed by atoms with Crippen molar-refractivity contribution in [1.82, 2.24) is 9.97 Å². The number of ketones is 1. The molecule has 1 aromatic heterocycles. The third kappa shape index (κ3) is 2.59. The lowest BCUT2D eigenvalue weighted by Gasteiger charge is -2.12. The van der Waals surface area contributed by atoms with Gasteiger partial charge in [-0.05, 0) is 24.6 Å². The lowest BCUT2D eigenvalue weighted by atomic mass is 9.95. The van der Waals surface area contributed by atoms with E-state index in [-0.39, 0.29) is 5.78 Å². The van der Waals surface area contributed by atoms with Crippen LogP contribution in [0.25, 0.3) is 11.0 Å². The van der Waals surface area contributed by atoms with Gasteiger partial charge >= 0.3 is 5.97 Å². The van der Waals surface area contributed by atoms with Gasteiger partial charge in [0.2, 0.25) is 5.88 Å². The Bertz CT molecular complexity index is 669. The van der Waals surface area contributed by atoms with Gasteiger partial charge in [0.25, 0.3) is 0 Å². The second-order valence-corrected chi connectivity index (χ2v) is 4.23. The van der Waals surface area contributed by atoms with E-state index in [4.69, 9.17) is 4.74 Å². The first-order valence-electron chi connectivity index (χ1n) is 5.95. The zero-order chi connectivity index (χ0) is 14.7. The van der Waals surface area contributed by atoms with E-state index in [1.54, 1.807) is 18.2 Å². The first-order chi connectivity index (χ1) is 9.56. The van der Waals surface area contributed by atoms with Crippen molar-refractivity contribution in [2.24, 2.45) is 0 Å². The van der Waals surface area contributed by atoms with Gasteiger partial charge in [-0.15, -0.1) is 0 Å². The number of carbonyl (C=O) groups is 2. The molecular weight excluding hydrogens is 260 g/mol. The molecule has 2 aromatic rings. The fourth-order valence-corrected chi connectivity index (χ4v) is 1.94. The summed E-state index contributed by atoms with van der Waals surface area (Å²) in [4.78, 5) is 31.8. The number of benzene rings is 1. The fourth-order valence-electron chi connectivity index (χ4n) is 1.94. The number of ether oxygens (including phenoxy) is 2. The predicted octanol–water partition coefficient (Wildman–Crippen LogP) is 1.48. The molecule has 1 unspecified atom stereocenters. The van der Waals surface area contributed by atoms with E-state index in [1.807, 2.05) is 0 Å². The quantitative estimate of drug-likeness (QED) is 0.620. The second kappa shape index (κ2) is 5.64. The van der Waals surface area contributed by atoms with Crippen molar-refractivity contribution in [3.05, 3.63) is 30.0 Å². The highest BCUT2D eigenvalue weighted by molar-refractivity contribution is 6.03. The highest BCUT2D eigenvalue weighted by atomic mass is 16.5. The van der Waals surface area contributed by atoms with Crippen LogP contribution in [0.2, 0.25) is 0 Å². The van der Waals surface area contributed by atoms with Crippen LogP contribution in [0.5, 0.6) is 5.88 Å². The number of carbonyl (C=O) groups excluding carboxylic acids is 2. The Kier molecular flexibility index (Phi) is 3.93. The standard InChI is InChI=1S/C14H14N2O4/c1-8(17)13(14(18)20-3)9-4-5-10-11(6-9)16-12(19-2)7-15-10/h4-7,13H,1-3H3. The van der Waals surface area contributed by atoms with E-state index >= 15 is 0 Å². The molecule has 1 aromatic carbocycles. The number of hydrogen-bond donors (Lipinski definition) is 0. The van der Waals surface area contributed by atoms with Gasteiger partial charge in [-0.3, -0.25) is 9.59 Å². The molecule has 0 N–H and O–H groups in total. The van der Waals surface area contributed by atoms with E-state index in [0.717, 1.165) is 0 Å². The lowest BCUT2D eigenvalue weighted by Crippen LogP contribution is -2.21. The van der Waals surface area contributed by atoms with Crippen molar-refractivity contribution in [3.8, 4) is 5.88 Å². The van der Waals surface area contributed by atoms with Gasteiger partial charge < -0.3 is 9.47 Å². The van der Waals surface area contributed by atoms with Crippen LogP contribution in [-0.4, -0.2) is 35.9 Å². The smallest absolute Gasteiger partial charge is 0.320 e. The molecule has 0 amide bonds. The summed E-state index contributed by atoms with van der Waals surface area (Å²) >= 11 is 0. The molecule has 0 aliphatic carbocycles. The van der Waals surface area contributed by atoms with Gasteiger partial charge in [-0.2, -0.15) is 0 Å². The molecule has 0 aliphatic rings. The molecule has 0 saturated carbocycles. The maximum atomic E-state index is 11.7. The summed E-state index contributed by atoms with van der Waals surface area (Å²) in [5.41, 5.74) is 1.73. The van der Waals surface area contributed by atoms with Gasteiger partial charge in [-0.25, -0.2) is 9.97 Å². The zero-order valence-corrected chi connectivity index (χ0v) is 11.4. The Hall–Kier alpha value is -2.50. The molecule has 0 radical (unpaired) electrons. The van der Waals surface area contributed by atoms with Gasteiger partial charge in [0, 0.05) is 0 Å². The molecule has 1 heterocycles. The average Bonchev–Trinajstić information content (AvgIpc) is 2.46. The van der Waals surface area contributed by atoms with E-state index in [2.05, 4.69) is 14.7 Å². The summed E-state index contributed by atoms with van der Waals surface area (Å²) in [7, 11) is 2.74. The molecule has 1 atom stereocenters. The van der Waals surface area contributed by atoms with E-state index in [0.29, 0.717) is 22.5 Å². The Balaban J connectivity index is 2.53. The summed E-state index contributed by atoms with van der Waals surface area (Å²) < 4.78 is 9.67. The molecule has 6 nitrogen and oxygen atoms in total. The van der Waals surface area contributed by atoms with Crippen molar-refractivity contribution >= 4 is 22.8 Å². The molecule has 0 aliphatic heterocycles. The summed E-state index contributed by atoms with van der Waals surface area (Å²) in [6, 6.07) is 5.02. The van der Waals surface area contributed by atoms with E-state index < -0.39 is 11.9 Å². The van der Waals surface area contributed by atoms with E-state index in [1.165, 1.54) is 27.3 Å². The normalized spacial score (nSPS) is 11.9. The number of hydrogen-bond acceptors (Lipinski definition) is 6. The molecular formula is C14H14N2O4. The minimum atomic E-state index is -0.947. The number of esters is 1. The molecule has 0 spiro atoms. The van der Waals surface area contributed by atoms with Gasteiger partial charge in [0.05, 0.1) is 31.4 Å². The minimum absolute atomic E-state index is 0.285. The van der Waals surface area contributed by atoms with Crippen molar-refractivity contribution < 1.29 is 19.1 Å². The van der Waals surface area contributed by atoms with Gasteiger partial charge in [0.1, 0.15) is 11.7 Å². The SMILES string of the molecule is COC(=O)C(C(C)=O)c1ccc2ncc(OC)nc2c1. The Morgan fingerprint density at radius 2 is 1.95 bits per heavy atom. The number of Topliss-reactive ketones (excluding diaryl/α,β-unsaturated/α-hetero) is 1. The molecule has 2 rings (SSSR count). The summed E-state index contributed by atoms with van der Waals surface area (Å²) in [5.74, 6) is -1.45. The first kappa shape index (κ1) is 13.9. The largest absolute Gasteiger partial charge is 0.480 e. The van der Waals surface area contributed by atoms with Crippen molar-refractivity contribution in [2.75, 3.05) is 14.2 Å². The lowest BCUT2D eigenvalue weighted by molar-refractivity contribution is -0.145. The van der Waals surface area contributed by atoms with Crippen molar-refractivity contribution in [2.45, 2.75) is 12.8 Å². The molecule has 0 saturated heterocycles. The number of fused-ring (bicyclic) bond motifs is 1. The number of aromatic nitrogens is 2.